The number of hydrogen-bond donors (Lipinski definition) is 1. The van der Waals surface area contributed by atoms with Gasteiger partial charge in [0, 0.05) is 45.4 Å². The molecule has 1 aliphatic carbocycles. The van der Waals surface area contributed by atoms with E-state index < -0.39 is 0 Å². The molecular formula is C29H49N3O. The molecule has 2 aliphatic heterocycles. The summed E-state index contributed by atoms with van der Waals surface area (Å²) < 4.78 is 5.63. The number of piperazine rings is 1. The van der Waals surface area contributed by atoms with Crippen molar-refractivity contribution in [3.63, 3.8) is 0 Å². The van der Waals surface area contributed by atoms with E-state index in [-0.39, 0.29) is 0 Å². The Labute approximate surface area is 203 Å². The highest BCUT2D eigenvalue weighted by Gasteiger charge is 2.33. The summed E-state index contributed by atoms with van der Waals surface area (Å²) >= 11 is 0. The van der Waals surface area contributed by atoms with Gasteiger partial charge in [0.25, 0.3) is 0 Å². The molecule has 186 valence electrons. The standard InChI is InChI=1S/C29H49N3O/c1-5-6-16-31-17-19-32(20-18-31)28-26(23-10-12-24(13-11-23)29(2,3)4)8-7-9-27(28)30-25-14-21-33-22-15-25/h7-9,23-25,30H,5-6,10-22H2,1-4H3. The summed E-state index contributed by atoms with van der Waals surface area (Å²) in [5, 5.41) is 3.97. The third-order valence-corrected chi connectivity index (χ3v) is 8.56. The Balaban J connectivity index is 1.54. The monoisotopic (exact) mass is 455 g/mol. The Hall–Kier alpha value is -1.26. The van der Waals surface area contributed by atoms with Gasteiger partial charge in [0.05, 0.1) is 11.4 Å². The molecule has 0 radical (unpaired) electrons. The molecular weight excluding hydrogens is 406 g/mol. The van der Waals surface area contributed by atoms with Crippen LogP contribution in [0.15, 0.2) is 18.2 Å². The summed E-state index contributed by atoms with van der Waals surface area (Å²) in [5.74, 6) is 1.57. The summed E-state index contributed by atoms with van der Waals surface area (Å²) in [5.41, 5.74) is 4.95. The molecule has 0 aromatic heterocycles. The summed E-state index contributed by atoms with van der Waals surface area (Å²) in [6.07, 6.45) is 10.3. The SMILES string of the molecule is CCCCN1CCN(c2c(NC3CCOCC3)cccc2C2CCC(C(C)(C)C)CC2)CC1. The highest BCUT2D eigenvalue weighted by Crippen LogP contribution is 2.47. The number of rotatable bonds is 7. The number of ether oxygens (including phenoxy) is 1. The van der Waals surface area contributed by atoms with E-state index in [1.807, 2.05) is 0 Å². The highest BCUT2D eigenvalue weighted by atomic mass is 16.5. The van der Waals surface area contributed by atoms with Crippen molar-refractivity contribution >= 4 is 11.4 Å². The second-order valence-corrected chi connectivity index (χ2v) is 11.9. The number of hydrogen-bond acceptors (Lipinski definition) is 4. The van der Waals surface area contributed by atoms with Crippen LogP contribution in [0, 0.1) is 11.3 Å². The summed E-state index contributed by atoms with van der Waals surface area (Å²) in [4.78, 5) is 5.39. The van der Waals surface area contributed by atoms with Crippen LogP contribution in [0.4, 0.5) is 11.4 Å². The van der Waals surface area contributed by atoms with Gasteiger partial charge in [-0.3, -0.25) is 4.90 Å². The van der Waals surface area contributed by atoms with Gasteiger partial charge in [-0.05, 0) is 80.4 Å². The van der Waals surface area contributed by atoms with Crippen LogP contribution in [-0.2, 0) is 4.74 Å². The predicted molar refractivity (Wildman–Crippen MR) is 142 cm³/mol. The molecule has 3 aliphatic rings. The van der Waals surface area contributed by atoms with Gasteiger partial charge in [-0.15, -0.1) is 0 Å². The van der Waals surface area contributed by atoms with Crippen molar-refractivity contribution in [2.24, 2.45) is 11.3 Å². The summed E-state index contributed by atoms with van der Waals surface area (Å²) in [6, 6.07) is 7.65. The van der Waals surface area contributed by atoms with E-state index in [1.54, 1.807) is 5.56 Å². The van der Waals surface area contributed by atoms with Crippen LogP contribution in [0.2, 0.25) is 0 Å². The Morgan fingerprint density at radius 1 is 0.939 bits per heavy atom. The van der Waals surface area contributed by atoms with E-state index in [0.29, 0.717) is 17.4 Å². The molecule has 4 rings (SSSR count). The van der Waals surface area contributed by atoms with Gasteiger partial charge in [-0.2, -0.15) is 0 Å². The lowest BCUT2D eigenvalue weighted by Crippen LogP contribution is -2.47. The average molecular weight is 456 g/mol. The molecule has 0 spiro atoms. The number of unbranched alkanes of at least 4 members (excludes halogenated alkanes) is 1. The van der Waals surface area contributed by atoms with Crippen molar-refractivity contribution in [1.29, 1.82) is 0 Å². The van der Waals surface area contributed by atoms with E-state index in [1.165, 1.54) is 69.5 Å². The maximum absolute atomic E-state index is 5.63. The molecule has 2 saturated heterocycles. The molecule has 4 heteroatoms. The zero-order valence-electron chi connectivity index (χ0n) is 21.9. The topological polar surface area (TPSA) is 27.7 Å². The molecule has 33 heavy (non-hydrogen) atoms. The predicted octanol–water partition coefficient (Wildman–Crippen LogP) is 6.52. The van der Waals surface area contributed by atoms with Crippen LogP contribution in [-0.4, -0.2) is 56.9 Å². The molecule has 3 fully saturated rings. The fourth-order valence-electron chi connectivity index (χ4n) is 6.27. The largest absolute Gasteiger partial charge is 0.381 e. The first-order chi connectivity index (χ1) is 16.0. The number of nitrogens with one attached hydrogen (secondary N) is 1. The fourth-order valence-corrected chi connectivity index (χ4v) is 6.27. The van der Waals surface area contributed by atoms with Crippen LogP contribution >= 0.6 is 0 Å². The minimum Gasteiger partial charge on any atom is -0.381 e. The molecule has 4 nitrogen and oxygen atoms in total. The van der Waals surface area contributed by atoms with Crippen LogP contribution in [0.3, 0.4) is 0 Å². The van der Waals surface area contributed by atoms with Crippen molar-refractivity contribution < 1.29 is 4.74 Å². The lowest BCUT2D eigenvalue weighted by atomic mass is 9.68. The minimum absolute atomic E-state index is 0.440. The molecule has 0 unspecified atom stereocenters. The number of nitrogens with zero attached hydrogens (tertiary/aromatic N) is 2. The number of anilines is 2. The van der Waals surface area contributed by atoms with Crippen LogP contribution in [0.1, 0.15) is 90.5 Å². The Bertz CT molecular complexity index is 721. The lowest BCUT2D eigenvalue weighted by Gasteiger charge is -2.41. The Morgan fingerprint density at radius 2 is 1.64 bits per heavy atom. The number of benzene rings is 1. The third kappa shape index (κ3) is 6.45. The third-order valence-electron chi connectivity index (χ3n) is 8.56. The Morgan fingerprint density at radius 3 is 2.27 bits per heavy atom. The van der Waals surface area contributed by atoms with E-state index in [2.05, 4.69) is 61.0 Å². The second-order valence-electron chi connectivity index (χ2n) is 11.9. The van der Waals surface area contributed by atoms with Gasteiger partial charge in [-0.1, -0.05) is 46.2 Å². The Kier molecular flexibility index (Phi) is 8.62. The maximum atomic E-state index is 5.63. The van der Waals surface area contributed by atoms with Crippen LogP contribution in [0.5, 0.6) is 0 Å². The van der Waals surface area contributed by atoms with E-state index in [0.717, 1.165) is 45.1 Å². The average Bonchev–Trinajstić information content (AvgIpc) is 2.83. The molecule has 1 aromatic rings. The van der Waals surface area contributed by atoms with E-state index in [9.17, 15) is 0 Å². The van der Waals surface area contributed by atoms with Gasteiger partial charge >= 0.3 is 0 Å². The van der Waals surface area contributed by atoms with Crippen molar-refractivity contribution in [2.75, 3.05) is 56.2 Å². The summed E-state index contributed by atoms with van der Waals surface area (Å²) in [6.45, 7) is 17.3. The first-order valence-electron chi connectivity index (χ1n) is 13.9. The van der Waals surface area contributed by atoms with Crippen LogP contribution in [0.25, 0.3) is 0 Å². The molecule has 1 N–H and O–H groups in total. The minimum atomic E-state index is 0.440. The molecule has 2 heterocycles. The van der Waals surface area contributed by atoms with Gasteiger partial charge in [0.15, 0.2) is 0 Å². The van der Waals surface area contributed by atoms with E-state index >= 15 is 0 Å². The van der Waals surface area contributed by atoms with Crippen LogP contribution < -0.4 is 10.2 Å². The maximum Gasteiger partial charge on any atom is 0.0638 e. The summed E-state index contributed by atoms with van der Waals surface area (Å²) in [7, 11) is 0. The molecule has 1 aromatic carbocycles. The van der Waals surface area contributed by atoms with Gasteiger partial charge < -0.3 is 15.0 Å². The van der Waals surface area contributed by atoms with Crippen molar-refractivity contribution in [2.45, 2.75) is 91.0 Å². The number of para-hydroxylation sites is 1. The van der Waals surface area contributed by atoms with E-state index in [4.69, 9.17) is 4.74 Å². The first-order valence-corrected chi connectivity index (χ1v) is 13.9. The second kappa shape index (κ2) is 11.4. The van der Waals surface area contributed by atoms with Gasteiger partial charge in [0.1, 0.15) is 0 Å². The zero-order chi connectivity index (χ0) is 23.3. The molecule has 0 amide bonds. The molecule has 1 saturated carbocycles. The van der Waals surface area contributed by atoms with Gasteiger partial charge in [0.2, 0.25) is 0 Å². The zero-order valence-corrected chi connectivity index (χ0v) is 21.9. The molecule has 0 atom stereocenters. The lowest BCUT2D eigenvalue weighted by molar-refractivity contribution is 0.0904. The van der Waals surface area contributed by atoms with Crippen molar-refractivity contribution in [3.05, 3.63) is 23.8 Å². The fraction of sp³-hybridized carbons (Fsp3) is 0.793. The normalized spacial score (nSPS) is 25.9. The van der Waals surface area contributed by atoms with Crippen molar-refractivity contribution in [3.8, 4) is 0 Å². The van der Waals surface area contributed by atoms with Gasteiger partial charge in [-0.25, -0.2) is 0 Å². The van der Waals surface area contributed by atoms with Crippen molar-refractivity contribution in [1.82, 2.24) is 4.90 Å². The smallest absolute Gasteiger partial charge is 0.0638 e. The quantitative estimate of drug-likeness (QED) is 0.506. The highest BCUT2D eigenvalue weighted by molar-refractivity contribution is 5.75. The first kappa shape index (κ1) is 24.9. The molecule has 0 bridgehead atoms.